The van der Waals surface area contributed by atoms with E-state index in [0.717, 1.165) is 29.6 Å². The molecule has 0 radical (unpaired) electrons. The van der Waals surface area contributed by atoms with Crippen LogP contribution in [0.4, 0.5) is 11.4 Å². The Morgan fingerprint density at radius 1 is 1.05 bits per heavy atom. The molecule has 3 N–H and O–H groups in total. The lowest BCUT2D eigenvalue weighted by atomic mass is 9.91. The Hall–Kier alpha value is -4.41. The molecular formula is C31H36N4O6. The van der Waals surface area contributed by atoms with Gasteiger partial charge in [-0.15, -0.1) is 5.11 Å². The molecule has 0 saturated heterocycles. The third-order valence-corrected chi connectivity index (χ3v) is 6.85. The molecule has 4 aromatic rings. The first kappa shape index (κ1) is 29.6. The number of nitrogens with zero attached hydrogens (tertiary/aromatic N) is 4. The predicted octanol–water partition coefficient (Wildman–Crippen LogP) is 5.50. The van der Waals surface area contributed by atoms with E-state index in [9.17, 15) is 15.0 Å². The Kier molecular flexibility index (Phi) is 8.95. The molecule has 0 amide bonds. The summed E-state index contributed by atoms with van der Waals surface area (Å²) in [6.45, 7) is 2.93. The Bertz CT molecular complexity index is 1560. The molecule has 10 heteroatoms. The largest absolute Gasteiger partial charge is 0.870 e. The average molecular weight is 561 g/mol. The molecule has 2 aromatic carbocycles. The number of hydrogen-bond acceptors (Lipinski definition) is 7. The van der Waals surface area contributed by atoms with Gasteiger partial charge in [0, 0.05) is 17.4 Å². The van der Waals surface area contributed by atoms with Gasteiger partial charge in [0.15, 0.2) is 5.69 Å². The van der Waals surface area contributed by atoms with Crippen LogP contribution in [0.25, 0.3) is 17.0 Å². The van der Waals surface area contributed by atoms with Crippen LogP contribution < -0.4 is 5.11 Å². The van der Waals surface area contributed by atoms with E-state index in [1.807, 2.05) is 13.0 Å². The molecular weight excluding hydrogens is 524 g/mol. The average Bonchev–Trinajstić information content (AvgIpc) is 3.52. The summed E-state index contributed by atoms with van der Waals surface area (Å²) in [5, 5.41) is 49.4. The topological polar surface area (TPSA) is 144 Å². The highest BCUT2D eigenvalue weighted by atomic mass is 16.4. The first-order chi connectivity index (χ1) is 19.5. The number of aryl methyl sites for hydroxylation is 3. The number of carboxylic acid groups (broad SMARTS) is 1. The van der Waals surface area contributed by atoms with Crippen LogP contribution in [0.2, 0.25) is 0 Å². The Labute approximate surface area is 239 Å². The minimum absolute atomic E-state index is 0.0473. The van der Waals surface area contributed by atoms with Crippen molar-refractivity contribution in [2.75, 3.05) is 34.3 Å². The van der Waals surface area contributed by atoms with Crippen molar-refractivity contribution in [1.29, 1.82) is 0 Å². The fourth-order valence-corrected chi connectivity index (χ4v) is 4.60. The quantitative estimate of drug-likeness (QED) is 0.201. The van der Waals surface area contributed by atoms with Crippen LogP contribution in [-0.2, 0) is 12.8 Å². The molecule has 0 bridgehead atoms. The van der Waals surface area contributed by atoms with Crippen molar-refractivity contribution in [3.05, 3.63) is 77.2 Å². The summed E-state index contributed by atoms with van der Waals surface area (Å²) in [5.41, 5.74) is 4.71. The maximum atomic E-state index is 12.9. The Morgan fingerprint density at radius 3 is 2.41 bits per heavy atom. The van der Waals surface area contributed by atoms with Gasteiger partial charge in [-0.2, -0.15) is 5.11 Å². The van der Waals surface area contributed by atoms with E-state index in [4.69, 9.17) is 14.6 Å². The van der Waals surface area contributed by atoms with Gasteiger partial charge in [0.25, 0.3) is 0 Å². The molecule has 2 heterocycles. The van der Waals surface area contributed by atoms with Crippen molar-refractivity contribution < 1.29 is 34.1 Å². The van der Waals surface area contributed by atoms with Crippen LogP contribution in [0.5, 0.6) is 11.6 Å². The number of azo groups is 1. The maximum absolute atomic E-state index is 12.9. The number of aromatic nitrogens is 1. The molecule has 0 aliphatic heterocycles. The van der Waals surface area contributed by atoms with Gasteiger partial charge in [0.1, 0.15) is 12.3 Å². The maximum Gasteiger partial charge on any atom is 0.371 e. The van der Waals surface area contributed by atoms with E-state index in [0.29, 0.717) is 5.56 Å². The molecule has 1 aliphatic rings. The van der Waals surface area contributed by atoms with E-state index in [1.54, 1.807) is 16.8 Å². The molecule has 0 fully saturated rings. The molecule has 0 spiro atoms. The van der Waals surface area contributed by atoms with Gasteiger partial charge in [-0.3, -0.25) is 4.57 Å². The predicted molar refractivity (Wildman–Crippen MR) is 154 cm³/mol. The van der Waals surface area contributed by atoms with Crippen molar-refractivity contribution in [2.24, 2.45) is 10.2 Å². The number of carbonyl (C=O) groups is 1. The lowest BCUT2D eigenvalue weighted by Crippen LogP contribution is -2.36. The van der Waals surface area contributed by atoms with Crippen LogP contribution in [0.1, 0.15) is 40.1 Å². The van der Waals surface area contributed by atoms with Gasteiger partial charge in [0.05, 0.1) is 33.4 Å². The molecule has 1 aliphatic carbocycles. The van der Waals surface area contributed by atoms with E-state index >= 15 is 0 Å². The van der Waals surface area contributed by atoms with Crippen molar-refractivity contribution in [3.63, 3.8) is 0 Å². The van der Waals surface area contributed by atoms with Crippen molar-refractivity contribution in [2.45, 2.75) is 32.6 Å². The van der Waals surface area contributed by atoms with Crippen molar-refractivity contribution >= 4 is 17.3 Å². The van der Waals surface area contributed by atoms with E-state index in [1.165, 1.54) is 48.2 Å². The van der Waals surface area contributed by atoms with Gasteiger partial charge in [-0.25, -0.2) is 4.79 Å². The fraction of sp³-hybridized carbons (Fsp3) is 0.323. The highest BCUT2D eigenvalue weighted by Gasteiger charge is 2.17. The lowest BCUT2D eigenvalue weighted by molar-refractivity contribution is -0.870. The van der Waals surface area contributed by atoms with E-state index < -0.39 is 11.7 Å². The number of aromatic carboxylic acids is 1. The van der Waals surface area contributed by atoms with E-state index in [2.05, 4.69) is 43.5 Å². The fourth-order valence-electron chi connectivity index (χ4n) is 4.60. The summed E-state index contributed by atoms with van der Waals surface area (Å²) in [7, 11) is 6.16. The third-order valence-electron chi connectivity index (χ3n) is 6.85. The smallest absolute Gasteiger partial charge is 0.371 e. The number of fused-ring (bicyclic) bond motifs is 1. The summed E-state index contributed by atoms with van der Waals surface area (Å²) in [6.07, 6.45) is 6.27. The zero-order valence-electron chi connectivity index (χ0n) is 23.8. The number of para-hydroxylation sites is 1. The minimum Gasteiger partial charge on any atom is -0.870 e. The Balaban J connectivity index is 0.000000493. The number of aromatic hydroxyl groups is 1. The number of carboxylic acids is 1. The number of benzene rings is 2. The van der Waals surface area contributed by atoms with E-state index in [-0.39, 0.29) is 40.9 Å². The second-order valence-electron chi connectivity index (χ2n) is 11.1. The number of aliphatic hydroxyl groups excluding tert-OH is 1. The molecule has 216 valence electrons. The zero-order chi connectivity index (χ0) is 29.7. The zero-order valence-corrected chi connectivity index (χ0v) is 23.8. The SMILES string of the molecule is C[N+](C)(C)CCO.Cc1cn(-c2ccc3c(c2)CCCC3)c(O)c1N=Nc1cccc(-c2ccc(C(=O)O)o2)c1[O-]. The summed E-state index contributed by atoms with van der Waals surface area (Å²) in [5.74, 6) is -1.85. The van der Waals surface area contributed by atoms with Crippen LogP contribution in [0, 0.1) is 6.92 Å². The first-order valence-electron chi connectivity index (χ1n) is 13.5. The Morgan fingerprint density at radius 2 is 1.78 bits per heavy atom. The van der Waals surface area contributed by atoms with Gasteiger partial charge in [0.2, 0.25) is 11.6 Å². The van der Waals surface area contributed by atoms with Crippen LogP contribution in [-0.4, -0.2) is 64.6 Å². The highest BCUT2D eigenvalue weighted by molar-refractivity contribution is 5.85. The van der Waals surface area contributed by atoms with Gasteiger partial charge in [-0.05, 0) is 79.6 Å². The second-order valence-corrected chi connectivity index (χ2v) is 11.1. The molecule has 0 unspecified atom stereocenters. The number of quaternary nitrogens is 1. The molecule has 0 saturated carbocycles. The molecule has 10 nitrogen and oxygen atoms in total. The summed E-state index contributed by atoms with van der Waals surface area (Å²) in [4.78, 5) is 11.1. The normalized spacial score (nSPS) is 13.1. The summed E-state index contributed by atoms with van der Waals surface area (Å²) in [6, 6.07) is 13.6. The summed E-state index contributed by atoms with van der Waals surface area (Å²) >= 11 is 0. The summed E-state index contributed by atoms with van der Waals surface area (Å²) < 4.78 is 7.76. The molecule has 2 aromatic heterocycles. The number of aliphatic hydroxyl groups is 1. The number of furan rings is 1. The number of likely N-dealkylation sites (N-methyl/N-ethyl adjacent to an activating group) is 1. The lowest BCUT2D eigenvalue weighted by Gasteiger charge is -2.21. The van der Waals surface area contributed by atoms with Crippen LogP contribution in [0.15, 0.2) is 69.4 Å². The highest BCUT2D eigenvalue weighted by Crippen LogP contribution is 2.40. The van der Waals surface area contributed by atoms with Gasteiger partial charge >= 0.3 is 5.97 Å². The monoisotopic (exact) mass is 560 g/mol. The minimum atomic E-state index is -1.22. The standard InChI is InChI=1S/C26H23N3O5.C5H14NO/c1-15-14-29(18-10-9-16-5-2-3-6-17(16)13-18)25(31)23(15)28-27-20-8-4-7-19(24(20)30)21-11-12-22(34-21)26(32)33;1-6(2,3)4-5-7/h4,7-14,30-31H,2-3,5-6H2,1H3,(H,32,33);7H,4-5H2,1-3H3/q;+1/p-1. The molecule has 0 atom stereocenters. The van der Waals surface area contributed by atoms with Gasteiger partial charge in [-0.1, -0.05) is 23.9 Å². The number of rotatable bonds is 7. The first-order valence-corrected chi connectivity index (χ1v) is 13.5. The van der Waals surface area contributed by atoms with Crippen LogP contribution in [0.3, 0.4) is 0 Å². The van der Waals surface area contributed by atoms with Crippen LogP contribution >= 0.6 is 0 Å². The van der Waals surface area contributed by atoms with Crippen molar-refractivity contribution in [1.82, 2.24) is 4.57 Å². The van der Waals surface area contributed by atoms with Gasteiger partial charge < -0.3 is 29.3 Å². The second kappa shape index (κ2) is 12.4. The molecule has 5 rings (SSSR count). The third kappa shape index (κ3) is 7.03. The van der Waals surface area contributed by atoms with Crippen molar-refractivity contribution in [3.8, 4) is 28.6 Å². The molecule has 41 heavy (non-hydrogen) atoms. The number of hydrogen-bond donors (Lipinski definition) is 3.